The molecule has 0 aromatic rings. The molecule has 1 atom stereocenters. The van der Waals surface area contributed by atoms with Gasteiger partial charge in [-0.3, -0.25) is 14.4 Å². The van der Waals surface area contributed by atoms with Crippen molar-refractivity contribution in [1.29, 1.82) is 0 Å². The SMILES string of the molecule is CCCCCC/C=C\CCCCCCCC(=O)OCC(COC(=O)CCCCCCCCCCCCC/C=C\C/C=C\CCCCCCC)OC(=O)CCCCCCCCCCCCC/C=C\C/C=C\CCCCCCC. The van der Waals surface area contributed by atoms with E-state index in [1.807, 2.05) is 0 Å². The number of hydrogen-bond acceptors (Lipinski definition) is 6. The second-order valence-corrected chi connectivity index (χ2v) is 22.7. The van der Waals surface area contributed by atoms with Gasteiger partial charge >= 0.3 is 17.9 Å². The van der Waals surface area contributed by atoms with Gasteiger partial charge in [0, 0.05) is 19.3 Å². The molecule has 0 rings (SSSR count). The second-order valence-electron chi connectivity index (χ2n) is 22.7. The van der Waals surface area contributed by atoms with Gasteiger partial charge in [0.05, 0.1) is 0 Å². The first-order valence-electron chi connectivity index (χ1n) is 33.8. The Morgan fingerprint density at radius 3 is 0.740 bits per heavy atom. The van der Waals surface area contributed by atoms with E-state index in [0.717, 1.165) is 77.0 Å². The molecule has 0 saturated heterocycles. The van der Waals surface area contributed by atoms with Crippen molar-refractivity contribution in [3.63, 3.8) is 0 Å². The van der Waals surface area contributed by atoms with Crippen molar-refractivity contribution < 1.29 is 28.6 Å². The molecule has 0 N–H and O–H groups in total. The number of ether oxygens (including phenoxy) is 3. The van der Waals surface area contributed by atoms with E-state index in [1.165, 1.54) is 238 Å². The van der Waals surface area contributed by atoms with Gasteiger partial charge < -0.3 is 14.2 Å². The lowest BCUT2D eigenvalue weighted by atomic mass is 10.0. The van der Waals surface area contributed by atoms with E-state index in [0.29, 0.717) is 19.3 Å². The van der Waals surface area contributed by atoms with Crippen LogP contribution in [0.1, 0.15) is 355 Å². The third-order valence-corrected chi connectivity index (χ3v) is 15.0. The molecule has 0 spiro atoms. The molecule has 0 aliphatic carbocycles. The summed E-state index contributed by atoms with van der Waals surface area (Å²) in [6.45, 7) is 6.64. The Morgan fingerprint density at radius 2 is 0.468 bits per heavy atom. The molecule has 0 bridgehead atoms. The lowest BCUT2D eigenvalue weighted by Gasteiger charge is -2.18. The van der Waals surface area contributed by atoms with Crippen molar-refractivity contribution in [3.8, 4) is 0 Å². The zero-order chi connectivity index (χ0) is 55.7. The lowest BCUT2D eigenvalue weighted by molar-refractivity contribution is -0.167. The zero-order valence-electron chi connectivity index (χ0n) is 51.5. The number of carbonyl (C=O) groups is 3. The fraction of sp³-hybridized carbons (Fsp3) is 0.817. The summed E-state index contributed by atoms with van der Waals surface area (Å²) in [7, 11) is 0. The maximum atomic E-state index is 12.9. The van der Waals surface area contributed by atoms with Gasteiger partial charge in [0.25, 0.3) is 0 Å². The summed E-state index contributed by atoms with van der Waals surface area (Å²) < 4.78 is 17.0. The van der Waals surface area contributed by atoms with Gasteiger partial charge in [-0.2, -0.15) is 0 Å². The van der Waals surface area contributed by atoms with Gasteiger partial charge in [-0.15, -0.1) is 0 Å². The first-order valence-corrected chi connectivity index (χ1v) is 33.8. The van der Waals surface area contributed by atoms with Crippen molar-refractivity contribution in [2.45, 2.75) is 361 Å². The molecule has 0 fully saturated rings. The standard InChI is InChI=1S/C71H128O6/c1-4-7-10-13-16-19-22-25-27-29-31-33-35-37-39-41-43-46-49-52-55-58-61-64-70(73)76-67-68(66-75-69(72)63-60-57-54-51-48-45-24-21-18-15-12-9-6-3)77-71(74)65-62-59-56-53-50-47-44-42-40-38-36-34-32-30-28-26-23-20-17-14-11-8-5-2/h21-26,29-32,68H,4-20,27-28,33-67H2,1-3H3/b24-21-,25-22-,26-23-,31-29-,32-30-. The number of allylic oxidation sites excluding steroid dienone is 10. The Bertz CT molecular complexity index is 1380. The number of esters is 3. The summed E-state index contributed by atoms with van der Waals surface area (Å²) in [5, 5.41) is 0. The van der Waals surface area contributed by atoms with Gasteiger partial charge in [0.2, 0.25) is 0 Å². The van der Waals surface area contributed by atoms with E-state index >= 15 is 0 Å². The van der Waals surface area contributed by atoms with Crippen LogP contribution in [-0.2, 0) is 28.6 Å². The minimum atomic E-state index is -0.780. The molecular weight excluding hydrogens is 949 g/mol. The summed E-state index contributed by atoms with van der Waals surface area (Å²) >= 11 is 0. The summed E-state index contributed by atoms with van der Waals surface area (Å²) in [5.41, 5.74) is 0. The van der Waals surface area contributed by atoms with Crippen LogP contribution in [0.2, 0.25) is 0 Å². The number of unbranched alkanes of at least 4 members (excludes halogenated alkanes) is 41. The second kappa shape index (κ2) is 65.6. The molecule has 77 heavy (non-hydrogen) atoms. The van der Waals surface area contributed by atoms with Crippen LogP contribution in [-0.4, -0.2) is 37.2 Å². The number of rotatable bonds is 62. The van der Waals surface area contributed by atoms with Crippen LogP contribution >= 0.6 is 0 Å². The molecule has 0 aromatic heterocycles. The summed E-state index contributed by atoms with van der Waals surface area (Å²) in [4.78, 5) is 38.4. The van der Waals surface area contributed by atoms with Crippen molar-refractivity contribution >= 4 is 17.9 Å². The molecule has 6 heteroatoms. The van der Waals surface area contributed by atoms with Crippen LogP contribution in [0.25, 0.3) is 0 Å². The highest BCUT2D eigenvalue weighted by atomic mass is 16.6. The fourth-order valence-electron chi connectivity index (χ4n) is 9.85. The highest BCUT2D eigenvalue weighted by Crippen LogP contribution is 2.17. The predicted octanol–water partition coefficient (Wildman–Crippen LogP) is 23.1. The van der Waals surface area contributed by atoms with E-state index in [4.69, 9.17) is 14.2 Å². The van der Waals surface area contributed by atoms with Crippen LogP contribution in [0, 0.1) is 0 Å². The molecule has 0 heterocycles. The average molecular weight is 1080 g/mol. The molecular formula is C71H128O6. The van der Waals surface area contributed by atoms with Gasteiger partial charge in [-0.25, -0.2) is 0 Å². The Labute approximate surface area is 479 Å². The molecule has 0 radical (unpaired) electrons. The molecule has 0 amide bonds. The summed E-state index contributed by atoms with van der Waals surface area (Å²) in [6.07, 6.45) is 83.7. The van der Waals surface area contributed by atoms with Crippen molar-refractivity contribution in [2.75, 3.05) is 13.2 Å². The molecule has 0 aliphatic heterocycles. The van der Waals surface area contributed by atoms with E-state index in [9.17, 15) is 14.4 Å². The molecule has 0 aliphatic rings. The molecule has 6 nitrogen and oxygen atoms in total. The van der Waals surface area contributed by atoms with Crippen LogP contribution in [0.5, 0.6) is 0 Å². The monoisotopic (exact) mass is 1080 g/mol. The maximum Gasteiger partial charge on any atom is 0.306 e. The topological polar surface area (TPSA) is 78.9 Å². The maximum absolute atomic E-state index is 12.9. The van der Waals surface area contributed by atoms with Gasteiger partial charge in [0.15, 0.2) is 6.10 Å². The zero-order valence-corrected chi connectivity index (χ0v) is 51.5. The molecule has 1 unspecified atom stereocenters. The van der Waals surface area contributed by atoms with E-state index in [-0.39, 0.29) is 31.1 Å². The number of carbonyl (C=O) groups excluding carboxylic acids is 3. The largest absolute Gasteiger partial charge is 0.462 e. The van der Waals surface area contributed by atoms with Gasteiger partial charge in [-0.05, 0) is 109 Å². The van der Waals surface area contributed by atoms with Crippen LogP contribution < -0.4 is 0 Å². The predicted molar refractivity (Wildman–Crippen MR) is 335 cm³/mol. The third kappa shape index (κ3) is 63.8. The van der Waals surface area contributed by atoms with Crippen molar-refractivity contribution in [3.05, 3.63) is 60.8 Å². The smallest absolute Gasteiger partial charge is 0.306 e. The Balaban J connectivity index is 4.30. The Morgan fingerprint density at radius 1 is 0.260 bits per heavy atom. The van der Waals surface area contributed by atoms with E-state index in [1.54, 1.807) is 0 Å². The van der Waals surface area contributed by atoms with Gasteiger partial charge in [-0.1, -0.05) is 287 Å². The van der Waals surface area contributed by atoms with Crippen molar-refractivity contribution in [2.24, 2.45) is 0 Å². The molecule has 0 saturated carbocycles. The van der Waals surface area contributed by atoms with Crippen LogP contribution in [0.15, 0.2) is 60.8 Å². The lowest BCUT2D eigenvalue weighted by Crippen LogP contribution is -2.30. The number of hydrogen-bond donors (Lipinski definition) is 0. The van der Waals surface area contributed by atoms with E-state index < -0.39 is 6.10 Å². The first-order chi connectivity index (χ1) is 38.0. The van der Waals surface area contributed by atoms with E-state index in [2.05, 4.69) is 81.5 Å². The van der Waals surface area contributed by atoms with Crippen LogP contribution in [0.3, 0.4) is 0 Å². The quantitative estimate of drug-likeness (QED) is 0.0261. The third-order valence-electron chi connectivity index (χ3n) is 15.0. The minimum Gasteiger partial charge on any atom is -0.462 e. The Hall–Kier alpha value is -2.89. The Kier molecular flexibility index (Phi) is 63.2. The molecule has 0 aromatic carbocycles. The van der Waals surface area contributed by atoms with Crippen molar-refractivity contribution in [1.82, 2.24) is 0 Å². The first kappa shape index (κ1) is 74.1. The minimum absolute atomic E-state index is 0.0764. The average Bonchev–Trinajstić information content (AvgIpc) is 3.43. The highest BCUT2D eigenvalue weighted by molar-refractivity contribution is 5.71. The normalized spacial score (nSPS) is 12.4. The van der Waals surface area contributed by atoms with Crippen LogP contribution in [0.4, 0.5) is 0 Å². The van der Waals surface area contributed by atoms with Gasteiger partial charge in [0.1, 0.15) is 13.2 Å². The highest BCUT2D eigenvalue weighted by Gasteiger charge is 2.19. The summed E-state index contributed by atoms with van der Waals surface area (Å²) in [5.74, 6) is -0.870. The summed E-state index contributed by atoms with van der Waals surface area (Å²) in [6, 6.07) is 0. The fourth-order valence-corrected chi connectivity index (χ4v) is 9.85. The molecule has 448 valence electrons.